The molecule has 5 aliphatic rings. The number of phenols is 1. The molecule has 3 aromatic carbocycles. The first-order valence-electron chi connectivity index (χ1n) is 18.8. The van der Waals surface area contributed by atoms with Crippen molar-refractivity contribution in [3.8, 4) is 22.1 Å². The molecular formula is C44H37ClN4O6S. The molecular weight excluding hydrogens is 748 g/mol. The summed E-state index contributed by atoms with van der Waals surface area (Å²) in [5.41, 5.74) is 3.68. The van der Waals surface area contributed by atoms with E-state index in [2.05, 4.69) is 0 Å². The van der Waals surface area contributed by atoms with Gasteiger partial charge in [-0.05, 0) is 91.1 Å². The fourth-order valence-electron chi connectivity index (χ4n) is 10.3. The highest BCUT2D eigenvalue weighted by molar-refractivity contribution is 7.22. The minimum Gasteiger partial charge on any atom is -0.508 e. The number of amides is 4. The van der Waals surface area contributed by atoms with Crippen molar-refractivity contribution in [2.45, 2.75) is 39.7 Å². The van der Waals surface area contributed by atoms with Gasteiger partial charge in [0.1, 0.15) is 23.0 Å². The maximum absolute atomic E-state index is 15.2. The number of carbonyl (C=O) groups is 4. The molecule has 1 saturated carbocycles. The molecule has 3 fully saturated rings. The van der Waals surface area contributed by atoms with Crippen LogP contribution in [0, 0.1) is 41.9 Å². The number of halogens is 1. The molecule has 56 heavy (non-hydrogen) atoms. The Morgan fingerprint density at radius 3 is 2.59 bits per heavy atom. The van der Waals surface area contributed by atoms with Crippen LogP contribution in [0.2, 0.25) is 5.02 Å². The van der Waals surface area contributed by atoms with Crippen LogP contribution in [0.1, 0.15) is 36.5 Å². The van der Waals surface area contributed by atoms with E-state index in [1.165, 1.54) is 9.80 Å². The maximum atomic E-state index is 15.2. The zero-order chi connectivity index (χ0) is 38.8. The van der Waals surface area contributed by atoms with E-state index in [4.69, 9.17) is 21.4 Å². The van der Waals surface area contributed by atoms with Crippen LogP contribution in [0.5, 0.6) is 11.5 Å². The zero-order valence-electron chi connectivity index (χ0n) is 30.9. The normalized spacial score (nSPS) is 26.8. The molecule has 4 amide bonds. The smallest absolute Gasteiger partial charge is 0.242 e. The Hall–Kier alpha value is -5.52. The summed E-state index contributed by atoms with van der Waals surface area (Å²) < 4.78 is 8.79. The number of aromatic hydroxyl groups is 1. The first-order valence-corrected chi connectivity index (χ1v) is 20.0. The van der Waals surface area contributed by atoms with Crippen LogP contribution < -0.4 is 9.64 Å². The summed E-state index contributed by atoms with van der Waals surface area (Å²) in [6.07, 6.45) is 4.68. The molecule has 282 valence electrons. The van der Waals surface area contributed by atoms with Gasteiger partial charge in [0, 0.05) is 40.7 Å². The molecule has 5 heterocycles. The fourth-order valence-corrected chi connectivity index (χ4v) is 11.6. The number of aryl methyl sites for hydroxylation is 2. The standard InChI is InChI=1S/C44H37ClN4O6S/c1-22-30-17-26(45)9-14-35(30)56-39(22)33-19-36(47(3)46-33)49-41(52)32-18-31-28(11-12-29-37(31)42(53)48(40(29)51)20-23-7-5-4-6-8-23)38(44(32,2)43(49)54)25-15-24-16-27(50)10-13-34(24)55-21-25/h4-11,13-14,16-17,19,21,29,31-32,37-38,50H,12,15,18,20H2,1-3H3. The van der Waals surface area contributed by atoms with Gasteiger partial charge in [0.05, 0.1) is 40.9 Å². The second-order valence-corrected chi connectivity index (χ2v) is 17.4. The molecule has 10 rings (SSSR count). The number of imide groups is 2. The molecule has 2 aromatic heterocycles. The Morgan fingerprint density at radius 1 is 0.982 bits per heavy atom. The lowest BCUT2D eigenvalue weighted by atomic mass is 9.51. The van der Waals surface area contributed by atoms with E-state index in [0.29, 0.717) is 35.1 Å². The van der Waals surface area contributed by atoms with Crippen molar-refractivity contribution in [1.82, 2.24) is 14.7 Å². The third kappa shape index (κ3) is 4.96. The lowest BCUT2D eigenvalue weighted by Gasteiger charge is -2.49. The number of hydrogen-bond donors (Lipinski definition) is 1. The number of phenolic OH excluding ortho intramolecular Hbond substituents is 1. The quantitative estimate of drug-likeness (QED) is 0.143. The van der Waals surface area contributed by atoms with E-state index < -0.39 is 35.0 Å². The lowest BCUT2D eigenvalue weighted by molar-refractivity contribution is -0.141. The zero-order valence-corrected chi connectivity index (χ0v) is 32.4. The molecule has 2 saturated heterocycles. The molecule has 1 N–H and O–H groups in total. The number of benzene rings is 3. The van der Waals surface area contributed by atoms with Gasteiger partial charge in [-0.1, -0.05) is 53.6 Å². The Labute approximate surface area is 331 Å². The third-order valence-electron chi connectivity index (χ3n) is 12.9. The minimum atomic E-state index is -1.25. The van der Waals surface area contributed by atoms with Gasteiger partial charge >= 0.3 is 0 Å². The Bertz CT molecular complexity index is 2630. The van der Waals surface area contributed by atoms with Gasteiger partial charge in [0.25, 0.3) is 0 Å². The Balaban J connectivity index is 1.07. The van der Waals surface area contributed by atoms with Gasteiger partial charge in [0.2, 0.25) is 23.6 Å². The largest absolute Gasteiger partial charge is 0.508 e. The lowest BCUT2D eigenvalue weighted by Crippen LogP contribution is -2.51. The molecule has 6 unspecified atom stereocenters. The predicted molar refractivity (Wildman–Crippen MR) is 212 cm³/mol. The minimum absolute atomic E-state index is 0.0924. The molecule has 0 radical (unpaired) electrons. The Morgan fingerprint density at radius 2 is 1.79 bits per heavy atom. The predicted octanol–water partition coefficient (Wildman–Crippen LogP) is 7.75. The van der Waals surface area contributed by atoms with E-state index in [0.717, 1.165) is 42.8 Å². The average Bonchev–Trinajstić information content (AvgIpc) is 3.85. The summed E-state index contributed by atoms with van der Waals surface area (Å²) in [6.45, 7) is 4.06. The summed E-state index contributed by atoms with van der Waals surface area (Å²) in [5, 5.41) is 16.9. The van der Waals surface area contributed by atoms with Crippen LogP contribution in [-0.2, 0) is 39.2 Å². The van der Waals surface area contributed by atoms with Gasteiger partial charge in [-0.15, -0.1) is 11.3 Å². The summed E-state index contributed by atoms with van der Waals surface area (Å²) in [5.74, 6) is -3.18. The summed E-state index contributed by atoms with van der Waals surface area (Å²) >= 11 is 7.91. The summed E-state index contributed by atoms with van der Waals surface area (Å²) in [7, 11) is 1.73. The van der Waals surface area contributed by atoms with Crippen molar-refractivity contribution in [3.63, 3.8) is 0 Å². The molecule has 3 aliphatic heterocycles. The van der Waals surface area contributed by atoms with Crippen LogP contribution >= 0.6 is 22.9 Å². The number of fused-ring (bicyclic) bond motifs is 6. The third-order valence-corrected chi connectivity index (χ3v) is 14.4. The summed E-state index contributed by atoms with van der Waals surface area (Å²) in [6, 6.07) is 22.0. The van der Waals surface area contributed by atoms with Gasteiger partial charge in [0.15, 0.2) is 0 Å². The van der Waals surface area contributed by atoms with Crippen LogP contribution in [0.4, 0.5) is 5.82 Å². The van der Waals surface area contributed by atoms with Crippen molar-refractivity contribution in [2.75, 3.05) is 4.90 Å². The number of likely N-dealkylation sites (tertiary alicyclic amines) is 1. The number of ether oxygens (including phenoxy) is 1. The number of nitrogens with zero attached hydrogens (tertiary/aromatic N) is 4. The van der Waals surface area contributed by atoms with Crippen molar-refractivity contribution in [2.24, 2.45) is 42.1 Å². The monoisotopic (exact) mass is 784 g/mol. The molecule has 12 heteroatoms. The number of rotatable bonds is 5. The maximum Gasteiger partial charge on any atom is 0.242 e. The number of allylic oxidation sites excluding steroid dienone is 3. The van der Waals surface area contributed by atoms with Crippen molar-refractivity contribution < 1.29 is 29.0 Å². The van der Waals surface area contributed by atoms with Crippen molar-refractivity contribution in [1.29, 1.82) is 0 Å². The average molecular weight is 785 g/mol. The van der Waals surface area contributed by atoms with E-state index in [1.807, 2.05) is 68.5 Å². The first kappa shape index (κ1) is 34.9. The number of anilines is 1. The molecule has 0 bridgehead atoms. The molecule has 6 atom stereocenters. The number of aromatic nitrogens is 2. The first-order chi connectivity index (χ1) is 26.9. The van der Waals surface area contributed by atoms with E-state index >= 15 is 4.79 Å². The highest BCUT2D eigenvalue weighted by Gasteiger charge is 2.68. The van der Waals surface area contributed by atoms with Crippen LogP contribution in [-0.4, -0.2) is 43.4 Å². The fraction of sp³-hybridized carbons (Fsp3) is 0.295. The molecule has 0 spiro atoms. The number of hydrogen-bond acceptors (Lipinski definition) is 8. The van der Waals surface area contributed by atoms with E-state index in [1.54, 1.807) is 53.6 Å². The molecule has 2 aliphatic carbocycles. The second kappa shape index (κ2) is 12.5. The second-order valence-electron chi connectivity index (χ2n) is 15.9. The summed E-state index contributed by atoms with van der Waals surface area (Å²) in [4.78, 5) is 62.2. The number of carbonyl (C=O) groups excluding carboxylic acids is 4. The Kier molecular flexibility index (Phi) is 7.79. The van der Waals surface area contributed by atoms with Gasteiger partial charge < -0.3 is 9.84 Å². The van der Waals surface area contributed by atoms with Gasteiger partial charge in [-0.2, -0.15) is 5.10 Å². The molecule has 5 aromatic rings. The van der Waals surface area contributed by atoms with E-state index in [-0.39, 0.29) is 42.3 Å². The van der Waals surface area contributed by atoms with Crippen LogP contribution in [0.3, 0.4) is 0 Å². The van der Waals surface area contributed by atoms with Crippen molar-refractivity contribution in [3.05, 3.63) is 118 Å². The highest BCUT2D eigenvalue weighted by atomic mass is 35.5. The highest BCUT2D eigenvalue weighted by Crippen LogP contribution is 2.63. The van der Waals surface area contributed by atoms with Crippen molar-refractivity contribution >= 4 is 62.5 Å². The number of thiophene rings is 1. The topological polar surface area (TPSA) is 122 Å². The molecule has 10 nitrogen and oxygen atoms in total. The van der Waals surface area contributed by atoms with Crippen LogP contribution in [0.15, 0.2) is 96.3 Å². The van der Waals surface area contributed by atoms with E-state index in [9.17, 15) is 19.5 Å². The van der Waals surface area contributed by atoms with Gasteiger partial charge in [-0.25, -0.2) is 4.90 Å². The SMILES string of the molecule is Cc1c(-c2cc(N3C(=O)C4CC5C(=CCC6C(=O)N(Cc7ccccc7)C(=O)C65)C(C5=COc6ccc(O)cc6C5)C4(C)C3=O)n(C)n2)sc2ccc(Cl)cc12. The van der Waals surface area contributed by atoms with Crippen LogP contribution in [0.25, 0.3) is 20.7 Å². The van der Waals surface area contributed by atoms with Gasteiger partial charge in [-0.3, -0.25) is 28.8 Å².